The molecule has 680 valence electrons. The average Bonchev–Trinajstić information content (AvgIpc) is 1.46. The highest BCUT2D eigenvalue weighted by Gasteiger charge is 2.60. The normalized spacial score (nSPS) is 31.0. The maximum atomic E-state index is 15.6. The molecule has 6 fully saturated rings. The highest BCUT2D eigenvalue weighted by atomic mass is 33.1. The van der Waals surface area contributed by atoms with Crippen molar-refractivity contribution < 1.29 is 75.6 Å². The highest BCUT2D eigenvalue weighted by molar-refractivity contribution is 8.76. The molecule has 0 spiro atoms. The van der Waals surface area contributed by atoms with E-state index < -0.39 is 133 Å². The van der Waals surface area contributed by atoms with Crippen LogP contribution < -0.4 is 53.2 Å². The zero-order valence-corrected chi connectivity index (χ0v) is 74.9. The van der Waals surface area contributed by atoms with Crippen molar-refractivity contribution in [2.75, 3.05) is 44.8 Å². The third-order valence-electron chi connectivity index (χ3n) is 28.2. The number of nitrogens with one attached hydrogen (secondary N) is 10. The van der Waals surface area contributed by atoms with E-state index in [0.717, 1.165) is 64.5 Å². The summed E-state index contributed by atoms with van der Waals surface area (Å²) >= 11 is 0. The molecule has 3 saturated carbocycles. The van der Waals surface area contributed by atoms with E-state index in [1.807, 2.05) is 43.6 Å². The van der Waals surface area contributed by atoms with E-state index >= 15 is 24.0 Å². The summed E-state index contributed by atoms with van der Waals surface area (Å²) in [5, 5.41) is 61.0. The van der Waals surface area contributed by atoms with Crippen LogP contribution in [0.15, 0.2) is 132 Å². The standard InChI is InChI=1S/C94H133N13O15S2.2H2/c1-56(2)23-19-24-57(3)68-37-38-69-67-36-35-64-50-65(39-41-93(64,6)70(67)40-42-94(68,69)7)122-92(121)95-43-18-17-32-72-82(111)104-81(59(5)110)89(118)103-78(87(116)101-76(53-108)58(4)109)55-124-123-54-77(86(115)98-73(47-60-25-11-9-12-26-60)83(112)99-75(85(114)97-72)49-63-51-96-71-31-16-15-30-66(63)71)102-84(113)74(48-61-27-13-10-14-28-61)100-88(117)79-33-21-45-106(79)91(120)80-34-22-46-107(80)90(119)62-29-20-44-105(8)52-62;;/h9-16,20,25-28,30-31,35,44,51-52,56-59,65-81,96,108-110H,17-19,21-24,29,32-34,36-43,45-50,53-55H2,1-8H3,(H,95,121)(H,97,114)(H,98,115)(H,99,112)(H,100,117)(H,101,116)(H,102,113)(H,103,118)(H,104,111);2*1H/i;2*1+1. The van der Waals surface area contributed by atoms with Gasteiger partial charge in [0.25, 0.3) is 5.91 Å². The SMILES string of the molecule is CC(C)CCCC(C)C1CCC2C3CC=C4CC(OC(=O)NCCCCC5NC(=O)C(CC6=CNC7C=CC=CC67)NC(=O)C(Cc6ccccc6)NC(=O)C(NC(=O)C(Cc6ccccc6)NC(=O)C6CCCN6C(=O)C6CCCN6C(=O)C6=CN(C)C=CC6)CSSCC(C(=O)NC(CO)C(C)O)NC(=O)C(C(C)O)NC5=O)CCC4(C)C3CCC12C.[2HH].[2HH]. The lowest BCUT2D eigenvalue weighted by atomic mass is 9.47. The predicted molar refractivity (Wildman–Crippen MR) is 481 cm³/mol. The van der Waals surface area contributed by atoms with Crippen molar-refractivity contribution in [1.82, 2.24) is 67.9 Å². The lowest BCUT2D eigenvalue weighted by molar-refractivity contribution is -0.146. The number of alkyl carbamates (subject to hydrolysis) is 1. The summed E-state index contributed by atoms with van der Waals surface area (Å²) in [4.78, 5) is 169. The fraction of sp³-hybridized carbons (Fsp3) is 0.628. The van der Waals surface area contributed by atoms with Gasteiger partial charge in [0.2, 0.25) is 53.2 Å². The van der Waals surface area contributed by atoms with Crippen molar-refractivity contribution in [3.63, 3.8) is 0 Å². The number of aliphatic hydroxyl groups excluding tert-OH is 3. The van der Waals surface area contributed by atoms with Crippen LogP contribution >= 0.6 is 21.6 Å². The largest absolute Gasteiger partial charge is 0.446 e. The smallest absolute Gasteiger partial charge is 0.407 e. The molecule has 3 saturated heterocycles. The maximum absolute atomic E-state index is 15.6. The second kappa shape index (κ2) is 43.5. The van der Waals surface area contributed by atoms with E-state index in [1.54, 1.807) is 82.9 Å². The second-order valence-corrected chi connectivity index (χ2v) is 39.8. The van der Waals surface area contributed by atoms with Crippen molar-refractivity contribution >= 4 is 86.8 Å². The molecule has 28 nitrogen and oxygen atoms in total. The Morgan fingerprint density at radius 1 is 0.694 bits per heavy atom. The quantitative estimate of drug-likeness (QED) is 0.0218. The molecule has 2 aromatic rings. The molecule has 124 heavy (non-hydrogen) atoms. The number of carbonyl (C=O) groups is 11. The van der Waals surface area contributed by atoms with E-state index in [1.165, 1.54) is 69.3 Å². The molecule has 22 atom stereocenters. The summed E-state index contributed by atoms with van der Waals surface area (Å²) in [7, 11) is 3.75. The zero-order chi connectivity index (χ0) is 88.5. The van der Waals surface area contributed by atoms with Crippen molar-refractivity contribution in [2.45, 2.75) is 274 Å². The third kappa shape index (κ3) is 23.4. The van der Waals surface area contributed by atoms with Crippen LogP contribution in [0.5, 0.6) is 0 Å². The monoisotopic (exact) mass is 1750 g/mol. The molecule has 11 amide bonds. The number of amides is 11. The third-order valence-corrected chi connectivity index (χ3v) is 30.6. The first-order chi connectivity index (χ1) is 59.5. The number of nitrogens with zero attached hydrogens (tertiary/aromatic N) is 3. The zero-order valence-electron chi connectivity index (χ0n) is 73.3. The first-order valence-corrected chi connectivity index (χ1v) is 47.9. The lowest BCUT2D eigenvalue weighted by Gasteiger charge is -2.58. The molecular weight excluding hydrogens is 1620 g/mol. The van der Waals surface area contributed by atoms with Crippen LogP contribution in [0.25, 0.3) is 0 Å². The van der Waals surface area contributed by atoms with Crippen molar-refractivity contribution in [3.8, 4) is 0 Å². The van der Waals surface area contributed by atoms with Crippen molar-refractivity contribution in [3.05, 3.63) is 144 Å². The number of carbonyl (C=O) groups excluding carboxylic acids is 11. The Balaban J connectivity index is 0.00000828. The molecule has 30 heteroatoms. The van der Waals surface area contributed by atoms with Crippen LogP contribution in [0, 0.1) is 52.3 Å². The van der Waals surface area contributed by atoms with Gasteiger partial charge in [-0.3, -0.25) is 47.9 Å². The van der Waals surface area contributed by atoms with Crippen LogP contribution in [-0.4, -0.2) is 225 Å². The number of likely N-dealkylation sites (tertiary alicyclic amines) is 2. The van der Waals surface area contributed by atoms with Gasteiger partial charge in [-0.05, 0) is 192 Å². The number of aliphatic hydroxyl groups is 3. The van der Waals surface area contributed by atoms with E-state index in [4.69, 9.17) is 4.74 Å². The van der Waals surface area contributed by atoms with Gasteiger partial charge >= 0.3 is 6.09 Å². The number of fused-ring (bicyclic) bond motifs is 6. The van der Waals surface area contributed by atoms with Crippen LogP contribution in [-0.2, 0) is 65.5 Å². The van der Waals surface area contributed by atoms with E-state index in [2.05, 4.69) is 93.9 Å². The van der Waals surface area contributed by atoms with Crippen molar-refractivity contribution in [2.24, 2.45) is 52.3 Å². The summed E-state index contributed by atoms with van der Waals surface area (Å²) in [5.74, 6) is -4.26. The van der Waals surface area contributed by atoms with Gasteiger partial charge < -0.3 is 87.9 Å². The van der Waals surface area contributed by atoms with Crippen LogP contribution in [0.1, 0.15) is 191 Å². The van der Waals surface area contributed by atoms with Crippen LogP contribution in [0.2, 0.25) is 0 Å². The van der Waals surface area contributed by atoms with Gasteiger partial charge in [-0.15, -0.1) is 0 Å². The highest BCUT2D eigenvalue weighted by Crippen LogP contribution is 2.67. The number of unbranched alkanes of at least 4 members (excludes halogenated alkanes) is 1. The Morgan fingerprint density at radius 2 is 1.38 bits per heavy atom. The van der Waals surface area contributed by atoms with E-state index in [-0.39, 0.29) is 108 Å². The number of rotatable bonds is 28. The van der Waals surface area contributed by atoms with Gasteiger partial charge in [0.1, 0.15) is 60.5 Å². The molecular formula is C94H137N13O15S2. The Bertz CT molecular complexity index is 4330. The number of benzene rings is 2. The van der Waals surface area contributed by atoms with Crippen molar-refractivity contribution in [1.29, 1.82) is 0 Å². The Hall–Kier alpha value is -8.97. The van der Waals surface area contributed by atoms with Gasteiger partial charge in [0, 0.05) is 78.0 Å². The molecule has 2 aromatic carbocycles. The maximum Gasteiger partial charge on any atom is 0.407 e. The molecule has 0 bridgehead atoms. The summed E-state index contributed by atoms with van der Waals surface area (Å²) in [5.41, 5.74) is 4.26. The first kappa shape index (κ1) is 94.2. The minimum absolute atomic E-state index is 0. The van der Waals surface area contributed by atoms with Gasteiger partial charge in [-0.2, -0.15) is 0 Å². The first-order valence-electron chi connectivity index (χ1n) is 45.4. The minimum Gasteiger partial charge on any atom is -0.446 e. The number of allylic oxidation sites excluding steroid dienone is 4. The number of hydrogen-bond donors (Lipinski definition) is 13. The number of ether oxygens (including phenoxy) is 1. The predicted octanol–water partition coefficient (Wildman–Crippen LogP) is 8.00. The molecule has 0 aromatic heterocycles. The summed E-state index contributed by atoms with van der Waals surface area (Å²) in [6.07, 6.45) is 28.1. The Morgan fingerprint density at radius 3 is 2.10 bits per heavy atom. The van der Waals surface area contributed by atoms with Gasteiger partial charge in [0.15, 0.2) is 0 Å². The second-order valence-electron chi connectivity index (χ2n) is 37.2. The Kier molecular flexibility index (Phi) is 33.0. The molecule has 0 radical (unpaired) electrons. The van der Waals surface area contributed by atoms with Gasteiger partial charge in [-0.25, -0.2) is 4.79 Å². The molecule has 12 rings (SSSR count). The molecule has 13 N–H and O–H groups in total. The van der Waals surface area contributed by atoms with Crippen LogP contribution in [0.4, 0.5) is 4.79 Å². The fourth-order valence-corrected chi connectivity index (χ4v) is 23.6. The van der Waals surface area contributed by atoms with E-state index in [9.17, 15) is 44.1 Å². The summed E-state index contributed by atoms with van der Waals surface area (Å²) in [6.45, 7) is 14.8. The van der Waals surface area contributed by atoms with Crippen LogP contribution in [0.3, 0.4) is 0 Å². The summed E-state index contributed by atoms with van der Waals surface area (Å²) in [6, 6.07) is 3.62. The molecule has 22 unspecified atom stereocenters. The summed E-state index contributed by atoms with van der Waals surface area (Å²) < 4.78 is 6.19. The molecule has 10 aliphatic rings. The van der Waals surface area contributed by atoms with E-state index in [0.29, 0.717) is 78.2 Å². The van der Waals surface area contributed by atoms with Gasteiger partial charge in [-0.1, -0.05) is 178 Å². The lowest BCUT2D eigenvalue weighted by Crippen LogP contribution is -2.62. The minimum atomic E-state index is -1.79. The fourth-order valence-electron chi connectivity index (χ4n) is 21.3. The molecule has 5 heterocycles. The molecule has 5 aliphatic carbocycles. The average molecular weight is 1760 g/mol. The number of hydrogen-bond acceptors (Lipinski definition) is 19. The Labute approximate surface area is 741 Å². The molecule has 5 aliphatic heterocycles. The topological polar surface area (TPSA) is 388 Å². The van der Waals surface area contributed by atoms with Gasteiger partial charge in [0.05, 0.1) is 30.9 Å².